The number of hydrogen-bond donors (Lipinski definition) is 1. The zero-order valence-electron chi connectivity index (χ0n) is 14.6. The van der Waals surface area contributed by atoms with Crippen molar-refractivity contribution in [1.82, 2.24) is 14.8 Å². The van der Waals surface area contributed by atoms with Crippen molar-refractivity contribution < 1.29 is 19.1 Å². The maximum absolute atomic E-state index is 11.0. The Morgan fingerprint density at radius 2 is 2.00 bits per heavy atom. The Morgan fingerprint density at radius 1 is 1.19 bits per heavy atom. The molecule has 0 spiro atoms. The smallest absolute Gasteiger partial charge is 0.325 e. The summed E-state index contributed by atoms with van der Waals surface area (Å²) in [6.45, 7) is 1.89. The van der Waals surface area contributed by atoms with Crippen molar-refractivity contribution in [3.05, 3.63) is 66.2 Å². The average molecular weight is 363 g/mol. The number of nitrogens with zero attached hydrogens (tertiary/aromatic N) is 3. The number of aryl methyl sites for hydroxylation is 1. The van der Waals surface area contributed by atoms with Gasteiger partial charge in [0.15, 0.2) is 0 Å². The third-order valence-corrected chi connectivity index (χ3v) is 4.21. The van der Waals surface area contributed by atoms with Gasteiger partial charge in [0.05, 0.1) is 17.1 Å². The lowest BCUT2D eigenvalue weighted by Gasteiger charge is -2.06. The predicted molar refractivity (Wildman–Crippen MR) is 98.4 cm³/mol. The van der Waals surface area contributed by atoms with Gasteiger partial charge in [-0.2, -0.15) is 5.10 Å². The Bertz CT molecular complexity index is 1100. The van der Waals surface area contributed by atoms with Crippen LogP contribution in [0.5, 0.6) is 5.75 Å². The maximum atomic E-state index is 11.0. The van der Waals surface area contributed by atoms with Crippen LogP contribution in [-0.4, -0.2) is 25.8 Å². The summed E-state index contributed by atoms with van der Waals surface area (Å²) in [5.74, 6) is 0.924. The number of oxazole rings is 1. The number of benzene rings is 2. The van der Waals surface area contributed by atoms with Crippen LogP contribution in [0.1, 0.15) is 11.5 Å². The fourth-order valence-electron chi connectivity index (χ4n) is 2.87. The zero-order valence-corrected chi connectivity index (χ0v) is 14.6. The monoisotopic (exact) mass is 363 g/mol. The second-order valence-corrected chi connectivity index (χ2v) is 6.06. The van der Waals surface area contributed by atoms with Crippen molar-refractivity contribution in [3.63, 3.8) is 0 Å². The first-order chi connectivity index (χ1) is 13.1. The van der Waals surface area contributed by atoms with Crippen molar-refractivity contribution >= 4 is 16.9 Å². The van der Waals surface area contributed by atoms with Crippen LogP contribution >= 0.6 is 0 Å². The third kappa shape index (κ3) is 3.39. The molecule has 0 saturated carbocycles. The molecule has 0 atom stereocenters. The first-order valence-corrected chi connectivity index (χ1v) is 8.42. The van der Waals surface area contributed by atoms with Crippen molar-refractivity contribution in [3.8, 4) is 17.2 Å². The first kappa shape index (κ1) is 16.8. The van der Waals surface area contributed by atoms with E-state index in [2.05, 4.69) is 10.1 Å². The van der Waals surface area contributed by atoms with Crippen LogP contribution in [0, 0.1) is 6.92 Å². The van der Waals surface area contributed by atoms with Crippen LogP contribution in [-0.2, 0) is 17.9 Å². The summed E-state index contributed by atoms with van der Waals surface area (Å²) in [7, 11) is 0. The molecule has 7 heteroatoms. The summed E-state index contributed by atoms with van der Waals surface area (Å²) < 4.78 is 13.1. The van der Waals surface area contributed by atoms with Crippen LogP contribution in [0.3, 0.4) is 0 Å². The molecule has 2 aromatic heterocycles. The van der Waals surface area contributed by atoms with Crippen LogP contribution in [0.25, 0.3) is 22.4 Å². The number of hydrogen-bond acceptors (Lipinski definition) is 5. The normalized spacial score (nSPS) is 11.0. The number of carboxylic acid groups (broad SMARTS) is 1. The number of aromatic nitrogens is 3. The number of ether oxygens (including phenoxy) is 1. The Hall–Kier alpha value is -3.61. The molecule has 2 heterocycles. The second kappa shape index (κ2) is 6.95. The van der Waals surface area contributed by atoms with Gasteiger partial charge in [0.1, 0.15) is 30.4 Å². The largest absolute Gasteiger partial charge is 0.486 e. The van der Waals surface area contributed by atoms with Crippen LogP contribution in [0.15, 0.2) is 59.1 Å². The van der Waals surface area contributed by atoms with E-state index in [1.807, 2.05) is 55.5 Å². The summed E-state index contributed by atoms with van der Waals surface area (Å²) in [5, 5.41) is 13.9. The third-order valence-electron chi connectivity index (χ3n) is 4.21. The van der Waals surface area contributed by atoms with E-state index in [9.17, 15) is 4.79 Å². The number of fused-ring (bicyclic) bond motifs is 1. The van der Waals surface area contributed by atoms with Crippen molar-refractivity contribution in [2.75, 3.05) is 0 Å². The van der Waals surface area contributed by atoms with Crippen LogP contribution in [0.4, 0.5) is 0 Å². The quantitative estimate of drug-likeness (QED) is 0.562. The summed E-state index contributed by atoms with van der Waals surface area (Å²) >= 11 is 0. The predicted octanol–water partition coefficient (Wildman–Crippen LogP) is 3.66. The molecule has 136 valence electrons. The Kier molecular flexibility index (Phi) is 4.33. The highest BCUT2D eigenvalue weighted by Crippen LogP contribution is 2.27. The van der Waals surface area contributed by atoms with Crippen molar-refractivity contribution in [2.45, 2.75) is 20.1 Å². The Morgan fingerprint density at radius 3 is 2.78 bits per heavy atom. The van der Waals surface area contributed by atoms with Gasteiger partial charge in [-0.3, -0.25) is 9.48 Å². The summed E-state index contributed by atoms with van der Waals surface area (Å²) in [6.07, 6.45) is 1.61. The van der Waals surface area contributed by atoms with E-state index in [1.54, 1.807) is 6.20 Å². The van der Waals surface area contributed by atoms with E-state index < -0.39 is 5.97 Å². The number of carboxylic acids is 1. The van der Waals surface area contributed by atoms with Gasteiger partial charge < -0.3 is 14.3 Å². The minimum atomic E-state index is -0.946. The summed E-state index contributed by atoms with van der Waals surface area (Å²) in [4.78, 5) is 15.5. The molecule has 0 aliphatic carbocycles. The molecule has 4 rings (SSSR count). The summed E-state index contributed by atoms with van der Waals surface area (Å²) in [5.41, 5.74) is 2.32. The van der Waals surface area contributed by atoms with E-state index >= 15 is 0 Å². The second-order valence-electron chi connectivity index (χ2n) is 6.06. The van der Waals surface area contributed by atoms with Gasteiger partial charge in [0.25, 0.3) is 0 Å². The van der Waals surface area contributed by atoms with Gasteiger partial charge in [0.2, 0.25) is 5.89 Å². The van der Waals surface area contributed by atoms with E-state index in [-0.39, 0.29) is 13.2 Å². The van der Waals surface area contributed by atoms with Gasteiger partial charge in [-0.25, -0.2) is 4.98 Å². The first-order valence-electron chi connectivity index (χ1n) is 8.42. The average Bonchev–Trinajstić information content (AvgIpc) is 3.24. The number of aliphatic carboxylic acids is 1. The molecule has 0 amide bonds. The fraction of sp³-hybridized carbons (Fsp3) is 0.150. The summed E-state index contributed by atoms with van der Waals surface area (Å²) in [6, 6.07) is 15.1. The highest BCUT2D eigenvalue weighted by Gasteiger charge is 2.14. The molecular formula is C20H17N3O4. The molecule has 0 bridgehead atoms. The Balaban J connectivity index is 1.57. The number of carbonyl (C=O) groups is 1. The standard InChI is InChI=1S/C20H17N3O4/c1-13-16(22-20(27-13)14-6-3-2-4-7-14)12-26-18-9-5-8-17-15(18)10-21-23(17)11-19(24)25/h2-10H,11-12H2,1H3,(H,24,25). The van der Waals surface area contributed by atoms with E-state index in [4.69, 9.17) is 14.3 Å². The molecule has 0 aliphatic rings. The van der Waals surface area contributed by atoms with Gasteiger partial charge in [-0.15, -0.1) is 0 Å². The van der Waals surface area contributed by atoms with Gasteiger partial charge in [-0.1, -0.05) is 24.3 Å². The van der Waals surface area contributed by atoms with Crippen LogP contribution < -0.4 is 4.74 Å². The highest BCUT2D eigenvalue weighted by atomic mass is 16.5. The zero-order chi connectivity index (χ0) is 18.8. The molecule has 7 nitrogen and oxygen atoms in total. The molecule has 0 radical (unpaired) electrons. The lowest BCUT2D eigenvalue weighted by Crippen LogP contribution is -2.09. The molecule has 1 N–H and O–H groups in total. The molecule has 4 aromatic rings. The maximum Gasteiger partial charge on any atom is 0.325 e. The SMILES string of the molecule is Cc1oc(-c2ccccc2)nc1COc1cccc2c1cnn2CC(=O)O. The lowest BCUT2D eigenvalue weighted by atomic mass is 10.2. The molecule has 0 unspecified atom stereocenters. The lowest BCUT2D eigenvalue weighted by molar-refractivity contribution is -0.137. The number of rotatable bonds is 6. The fourth-order valence-corrected chi connectivity index (χ4v) is 2.87. The van der Waals surface area contributed by atoms with Crippen molar-refractivity contribution in [2.24, 2.45) is 0 Å². The van der Waals surface area contributed by atoms with Gasteiger partial charge >= 0.3 is 5.97 Å². The van der Waals surface area contributed by atoms with Crippen molar-refractivity contribution in [1.29, 1.82) is 0 Å². The molecule has 0 fully saturated rings. The minimum Gasteiger partial charge on any atom is -0.486 e. The van der Waals surface area contributed by atoms with Crippen LogP contribution in [0.2, 0.25) is 0 Å². The molecule has 0 aliphatic heterocycles. The van der Waals surface area contributed by atoms with Gasteiger partial charge in [0, 0.05) is 5.56 Å². The molecular weight excluding hydrogens is 346 g/mol. The van der Waals surface area contributed by atoms with Gasteiger partial charge in [-0.05, 0) is 31.2 Å². The Labute approximate surface area is 154 Å². The molecule has 2 aromatic carbocycles. The van der Waals surface area contributed by atoms with E-state index in [1.165, 1.54) is 4.68 Å². The van der Waals surface area contributed by atoms with E-state index in [0.29, 0.717) is 28.6 Å². The molecule has 27 heavy (non-hydrogen) atoms. The van der Waals surface area contributed by atoms with E-state index in [0.717, 1.165) is 10.9 Å². The topological polar surface area (TPSA) is 90.4 Å². The highest BCUT2D eigenvalue weighted by molar-refractivity contribution is 5.86. The molecule has 0 saturated heterocycles. The minimum absolute atomic E-state index is 0.199.